The summed E-state index contributed by atoms with van der Waals surface area (Å²) in [6.07, 6.45) is 1.48. The van der Waals surface area contributed by atoms with Crippen LogP contribution in [0.3, 0.4) is 0 Å². The van der Waals surface area contributed by atoms with Crippen molar-refractivity contribution in [1.29, 1.82) is 0 Å². The van der Waals surface area contributed by atoms with Gasteiger partial charge in [-0.3, -0.25) is 0 Å². The van der Waals surface area contributed by atoms with Gasteiger partial charge in [0, 0.05) is 30.6 Å². The summed E-state index contributed by atoms with van der Waals surface area (Å²) in [6.45, 7) is 3.97. The predicted molar refractivity (Wildman–Crippen MR) is 84.5 cm³/mol. The van der Waals surface area contributed by atoms with E-state index in [1.54, 1.807) is 0 Å². The molecule has 0 saturated carbocycles. The Kier molecular flexibility index (Phi) is 4.82. The van der Waals surface area contributed by atoms with Crippen molar-refractivity contribution in [3.63, 3.8) is 0 Å². The number of nitrogens with zero attached hydrogens (tertiary/aromatic N) is 2. The van der Waals surface area contributed by atoms with Crippen LogP contribution in [-0.4, -0.2) is 24.1 Å². The van der Waals surface area contributed by atoms with Crippen molar-refractivity contribution in [2.24, 2.45) is 10.9 Å². The molecule has 0 unspecified atom stereocenters. The summed E-state index contributed by atoms with van der Waals surface area (Å²) in [6, 6.07) is 14.8. The smallest absolute Gasteiger partial charge is 0.139 e. The fourth-order valence-electron chi connectivity index (χ4n) is 2.43. The molecule has 0 amide bonds. The quantitative estimate of drug-likeness (QED) is 0.367. The summed E-state index contributed by atoms with van der Waals surface area (Å²) in [5.41, 5.74) is 6.75. The number of nitrogens with two attached hydrogens (primary N) is 1. The molecular weight excluding hydrogens is 250 g/mol. The summed E-state index contributed by atoms with van der Waals surface area (Å²) in [5.74, 6) is 0.291. The zero-order chi connectivity index (χ0) is 14.4. The summed E-state index contributed by atoms with van der Waals surface area (Å²) < 4.78 is 0. The van der Waals surface area contributed by atoms with Crippen LogP contribution in [0.2, 0.25) is 0 Å². The molecule has 2 rings (SSSR count). The van der Waals surface area contributed by atoms with Crippen LogP contribution in [0.15, 0.2) is 47.6 Å². The van der Waals surface area contributed by atoms with Gasteiger partial charge in [-0.1, -0.05) is 41.6 Å². The molecule has 0 aliphatic rings. The van der Waals surface area contributed by atoms with Crippen LogP contribution in [0.4, 0.5) is 5.69 Å². The summed E-state index contributed by atoms with van der Waals surface area (Å²) in [4.78, 5) is 2.33. The molecule has 0 saturated heterocycles. The first-order valence-corrected chi connectivity index (χ1v) is 6.95. The summed E-state index contributed by atoms with van der Waals surface area (Å²) >= 11 is 0. The highest BCUT2D eigenvalue weighted by Gasteiger charge is 2.08. The molecule has 0 aliphatic carbocycles. The lowest BCUT2D eigenvalue weighted by Crippen LogP contribution is -2.25. The average Bonchev–Trinajstić information content (AvgIpc) is 2.51. The molecule has 4 nitrogen and oxygen atoms in total. The average molecular weight is 271 g/mol. The molecule has 0 fully saturated rings. The highest BCUT2D eigenvalue weighted by molar-refractivity contribution is 5.94. The molecular formula is C16H21N3O. The van der Waals surface area contributed by atoms with Crippen LogP contribution in [-0.2, 0) is 0 Å². The largest absolute Gasteiger partial charge is 0.409 e. The molecule has 0 spiro atoms. The molecule has 2 aromatic carbocycles. The Morgan fingerprint density at radius 3 is 2.70 bits per heavy atom. The third-order valence-corrected chi connectivity index (χ3v) is 3.48. The Labute approximate surface area is 119 Å². The van der Waals surface area contributed by atoms with Gasteiger partial charge in [0.2, 0.25) is 0 Å². The van der Waals surface area contributed by atoms with Crippen molar-refractivity contribution < 1.29 is 5.21 Å². The van der Waals surface area contributed by atoms with Crippen molar-refractivity contribution in [3.8, 4) is 0 Å². The van der Waals surface area contributed by atoms with E-state index in [-0.39, 0.29) is 0 Å². The molecule has 0 bridgehead atoms. The first-order chi connectivity index (χ1) is 9.76. The molecule has 0 heterocycles. The van der Waals surface area contributed by atoms with Crippen LogP contribution in [0.25, 0.3) is 10.8 Å². The number of fused-ring (bicyclic) bond motifs is 1. The molecule has 0 atom stereocenters. The van der Waals surface area contributed by atoms with E-state index in [4.69, 9.17) is 10.9 Å². The van der Waals surface area contributed by atoms with E-state index in [1.807, 2.05) is 0 Å². The van der Waals surface area contributed by atoms with E-state index in [9.17, 15) is 0 Å². The van der Waals surface area contributed by atoms with Gasteiger partial charge in [-0.25, -0.2) is 0 Å². The first kappa shape index (κ1) is 14.2. The molecule has 2 aromatic rings. The second kappa shape index (κ2) is 6.80. The third-order valence-electron chi connectivity index (χ3n) is 3.48. The van der Waals surface area contributed by atoms with Crippen LogP contribution < -0.4 is 10.6 Å². The highest BCUT2D eigenvalue weighted by Crippen LogP contribution is 2.26. The number of amidine groups is 1. The molecule has 4 heteroatoms. The minimum atomic E-state index is 0.291. The first-order valence-electron chi connectivity index (χ1n) is 6.95. The summed E-state index contributed by atoms with van der Waals surface area (Å²) in [7, 11) is 0. The molecule has 0 aliphatic heterocycles. The van der Waals surface area contributed by atoms with Crippen molar-refractivity contribution in [2.45, 2.75) is 19.8 Å². The third kappa shape index (κ3) is 3.20. The number of hydrogen-bond acceptors (Lipinski definition) is 3. The molecule has 0 aromatic heterocycles. The van der Waals surface area contributed by atoms with Gasteiger partial charge >= 0.3 is 0 Å². The van der Waals surface area contributed by atoms with Crippen molar-refractivity contribution in [3.05, 3.63) is 42.5 Å². The maximum atomic E-state index is 8.56. The van der Waals surface area contributed by atoms with Gasteiger partial charge in [0.25, 0.3) is 0 Å². The Morgan fingerprint density at radius 1 is 1.20 bits per heavy atom. The van der Waals surface area contributed by atoms with Gasteiger partial charge in [-0.2, -0.15) is 0 Å². The van der Waals surface area contributed by atoms with Crippen molar-refractivity contribution >= 4 is 22.3 Å². The van der Waals surface area contributed by atoms with E-state index in [1.165, 1.54) is 16.5 Å². The number of anilines is 1. The minimum Gasteiger partial charge on any atom is -0.409 e. The highest BCUT2D eigenvalue weighted by atomic mass is 16.4. The summed E-state index contributed by atoms with van der Waals surface area (Å²) in [5, 5.41) is 14.1. The van der Waals surface area contributed by atoms with Crippen molar-refractivity contribution in [1.82, 2.24) is 0 Å². The Morgan fingerprint density at radius 2 is 1.95 bits per heavy atom. The van der Waals surface area contributed by atoms with E-state index < -0.39 is 0 Å². The maximum Gasteiger partial charge on any atom is 0.139 e. The van der Waals surface area contributed by atoms with Gasteiger partial charge in [-0.15, -0.1) is 0 Å². The van der Waals surface area contributed by atoms with E-state index >= 15 is 0 Å². The standard InChI is InChI=1S/C16H21N3O/c1-2-19(12-6-11-16(17)18-20)15-10-5-8-13-7-3-4-9-14(13)15/h3-5,7-10,20H,2,6,11-12H2,1H3,(H2,17,18). The van der Waals surface area contributed by atoms with E-state index in [2.05, 4.69) is 59.4 Å². The molecule has 20 heavy (non-hydrogen) atoms. The second-order valence-corrected chi connectivity index (χ2v) is 4.77. The van der Waals surface area contributed by atoms with Crippen LogP contribution in [0.5, 0.6) is 0 Å². The van der Waals surface area contributed by atoms with Crippen LogP contribution in [0.1, 0.15) is 19.8 Å². The van der Waals surface area contributed by atoms with E-state index in [0.29, 0.717) is 12.3 Å². The predicted octanol–water partition coefficient (Wildman–Crippen LogP) is 3.19. The number of hydrogen-bond donors (Lipinski definition) is 2. The molecule has 0 radical (unpaired) electrons. The number of rotatable bonds is 6. The fraction of sp³-hybridized carbons (Fsp3) is 0.312. The Hall–Kier alpha value is -2.23. The minimum absolute atomic E-state index is 0.291. The topological polar surface area (TPSA) is 61.8 Å². The number of oxime groups is 1. The van der Waals surface area contributed by atoms with Crippen molar-refractivity contribution in [2.75, 3.05) is 18.0 Å². The van der Waals surface area contributed by atoms with Gasteiger partial charge < -0.3 is 15.8 Å². The number of benzene rings is 2. The van der Waals surface area contributed by atoms with Crippen LogP contribution >= 0.6 is 0 Å². The zero-order valence-corrected chi connectivity index (χ0v) is 11.8. The van der Waals surface area contributed by atoms with Gasteiger partial charge in [-0.05, 0) is 24.8 Å². The maximum absolute atomic E-state index is 8.56. The lowest BCUT2D eigenvalue weighted by molar-refractivity contribution is 0.316. The van der Waals surface area contributed by atoms with E-state index in [0.717, 1.165) is 19.5 Å². The zero-order valence-electron chi connectivity index (χ0n) is 11.8. The SMILES string of the molecule is CCN(CCC/C(N)=N/O)c1cccc2ccccc12. The van der Waals surface area contributed by atoms with Gasteiger partial charge in [0.1, 0.15) is 5.84 Å². The Balaban J connectivity index is 2.17. The normalized spacial score (nSPS) is 11.8. The van der Waals surface area contributed by atoms with Crippen LogP contribution in [0, 0.1) is 0 Å². The lowest BCUT2D eigenvalue weighted by Gasteiger charge is -2.24. The second-order valence-electron chi connectivity index (χ2n) is 4.77. The lowest BCUT2D eigenvalue weighted by atomic mass is 10.1. The van der Waals surface area contributed by atoms with Gasteiger partial charge in [0.05, 0.1) is 0 Å². The fourth-order valence-corrected chi connectivity index (χ4v) is 2.43. The molecule has 106 valence electrons. The molecule has 3 N–H and O–H groups in total. The Bertz CT molecular complexity index is 590. The monoisotopic (exact) mass is 271 g/mol. The van der Waals surface area contributed by atoms with Gasteiger partial charge in [0.15, 0.2) is 0 Å².